The fourth-order valence-electron chi connectivity index (χ4n) is 4.19. The van der Waals surface area contributed by atoms with Gasteiger partial charge in [0, 0.05) is 50.3 Å². The predicted octanol–water partition coefficient (Wildman–Crippen LogP) is 2.92. The Hall–Kier alpha value is -2.30. The van der Waals surface area contributed by atoms with E-state index in [-0.39, 0.29) is 10.8 Å². The minimum Gasteiger partial charge on any atom is -0.346 e. The first-order chi connectivity index (χ1) is 15.0. The van der Waals surface area contributed by atoms with Crippen molar-refractivity contribution in [3.8, 4) is 0 Å². The van der Waals surface area contributed by atoms with E-state index in [0.717, 1.165) is 37.9 Å². The predicted molar refractivity (Wildman–Crippen MR) is 126 cm³/mol. The number of rotatable bonds is 5. The monoisotopic (exact) mass is 460 g/mol. The van der Waals surface area contributed by atoms with E-state index in [1.165, 1.54) is 56.6 Å². The number of hydrogen-bond donors (Lipinski definition) is 2. The Labute approximate surface area is 189 Å². The second kappa shape index (κ2) is 9.88. The Balaban J connectivity index is 1.30. The third-order valence-electron chi connectivity index (χ3n) is 5.90. The summed E-state index contributed by atoms with van der Waals surface area (Å²) in [5.74, 6) is 0.0400. The van der Waals surface area contributed by atoms with E-state index in [4.69, 9.17) is 12.2 Å². The van der Waals surface area contributed by atoms with Crippen molar-refractivity contribution in [3.05, 3.63) is 42.7 Å². The van der Waals surface area contributed by atoms with Gasteiger partial charge in [0.05, 0.1) is 4.90 Å². The molecule has 8 nitrogen and oxygen atoms in total. The lowest BCUT2D eigenvalue weighted by Crippen LogP contribution is -2.53. The molecule has 0 bridgehead atoms. The van der Waals surface area contributed by atoms with Crippen LogP contribution in [0.3, 0.4) is 0 Å². The molecule has 2 aromatic rings. The van der Waals surface area contributed by atoms with Crippen molar-refractivity contribution in [1.29, 1.82) is 0 Å². The standard InChI is InChI=1S/C21H28N6O2S2/c28-31(29,25-20-22-11-4-12-23-20)19-9-7-17(8-10-19)24-21(30)27-15-13-26(14-16-27)18-5-2-1-3-6-18/h4,7-12,18H,1-3,5-6,13-16H2,(H,24,30)(H,22,23,25). The van der Waals surface area contributed by atoms with Crippen LogP contribution in [0.2, 0.25) is 0 Å². The first-order valence-corrected chi connectivity index (χ1v) is 12.6. The minimum absolute atomic E-state index is 0.0400. The smallest absolute Gasteiger partial charge is 0.264 e. The number of hydrogen-bond acceptors (Lipinski definition) is 6. The van der Waals surface area contributed by atoms with Gasteiger partial charge in [0.15, 0.2) is 5.11 Å². The molecule has 0 spiro atoms. The summed E-state index contributed by atoms with van der Waals surface area (Å²) >= 11 is 5.59. The maximum absolute atomic E-state index is 12.5. The molecule has 10 heteroatoms. The van der Waals surface area contributed by atoms with Gasteiger partial charge < -0.3 is 10.2 Å². The van der Waals surface area contributed by atoms with E-state index in [9.17, 15) is 8.42 Å². The number of nitrogens with zero attached hydrogens (tertiary/aromatic N) is 4. The summed E-state index contributed by atoms with van der Waals surface area (Å²) in [6.45, 7) is 3.90. The van der Waals surface area contributed by atoms with E-state index >= 15 is 0 Å². The van der Waals surface area contributed by atoms with E-state index in [1.807, 2.05) is 0 Å². The normalized spacial score (nSPS) is 18.5. The summed E-state index contributed by atoms with van der Waals surface area (Å²) in [5, 5.41) is 3.91. The zero-order valence-corrected chi connectivity index (χ0v) is 19.0. The molecule has 2 aliphatic rings. The van der Waals surface area contributed by atoms with E-state index in [1.54, 1.807) is 18.2 Å². The molecular formula is C21H28N6O2S2. The topological polar surface area (TPSA) is 90.5 Å². The first-order valence-electron chi connectivity index (χ1n) is 10.7. The number of piperazine rings is 1. The number of sulfonamides is 1. The molecular weight excluding hydrogens is 432 g/mol. The minimum atomic E-state index is -3.75. The van der Waals surface area contributed by atoms with Gasteiger partial charge in [-0.2, -0.15) is 0 Å². The van der Waals surface area contributed by atoms with Gasteiger partial charge >= 0.3 is 0 Å². The van der Waals surface area contributed by atoms with Crippen molar-refractivity contribution in [2.45, 2.75) is 43.0 Å². The number of thiocarbonyl (C=S) groups is 1. The van der Waals surface area contributed by atoms with Crippen molar-refractivity contribution in [3.63, 3.8) is 0 Å². The largest absolute Gasteiger partial charge is 0.346 e. The molecule has 4 rings (SSSR count). The van der Waals surface area contributed by atoms with Gasteiger partial charge in [-0.1, -0.05) is 19.3 Å². The molecule has 2 N–H and O–H groups in total. The Morgan fingerprint density at radius 2 is 1.61 bits per heavy atom. The summed E-state index contributed by atoms with van der Waals surface area (Å²) < 4.78 is 27.4. The SMILES string of the molecule is O=S(=O)(Nc1ncccn1)c1ccc(NC(=S)N2CCN(C3CCCCC3)CC2)cc1. The van der Waals surface area contributed by atoms with Gasteiger partial charge in [-0.3, -0.25) is 4.90 Å². The lowest BCUT2D eigenvalue weighted by molar-refractivity contribution is 0.108. The summed E-state index contributed by atoms with van der Waals surface area (Å²) in [5.41, 5.74) is 0.759. The number of anilines is 2. The van der Waals surface area contributed by atoms with Crippen LogP contribution in [0.15, 0.2) is 47.6 Å². The quantitative estimate of drug-likeness (QED) is 0.659. The Morgan fingerprint density at radius 3 is 2.26 bits per heavy atom. The number of aromatic nitrogens is 2. The van der Waals surface area contributed by atoms with Crippen molar-refractivity contribution >= 4 is 39.0 Å². The highest BCUT2D eigenvalue weighted by Crippen LogP contribution is 2.24. The van der Waals surface area contributed by atoms with Crippen molar-refractivity contribution < 1.29 is 8.42 Å². The highest BCUT2D eigenvalue weighted by molar-refractivity contribution is 7.92. The summed E-state index contributed by atoms with van der Waals surface area (Å²) in [6.07, 6.45) is 9.68. The fourth-order valence-corrected chi connectivity index (χ4v) is 5.45. The fraction of sp³-hybridized carbons (Fsp3) is 0.476. The second-order valence-corrected chi connectivity index (χ2v) is 10.0. The van der Waals surface area contributed by atoms with E-state index in [0.29, 0.717) is 5.11 Å². The average molecular weight is 461 g/mol. The van der Waals surface area contributed by atoms with Crippen molar-refractivity contribution in [2.24, 2.45) is 0 Å². The van der Waals surface area contributed by atoms with Crippen molar-refractivity contribution in [1.82, 2.24) is 19.8 Å². The van der Waals surface area contributed by atoms with Gasteiger partial charge in [0.1, 0.15) is 0 Å². The molecule has 2 heterocycles. The van der Waals surface area contributed by atoms with E-state index < -0.39 is 10.0 Å². The zero-order chi connectivity index (χ0) is 21.7. The first kappa shape index (κ1) is 21.9. The molecule has 31 heavy (non-hydrogen) atoms. The lowest BCUT2D eigenvalue weighted by Gasteiger charge is -2.41. The maximum Gasteiger partial charge on any atom is 0.264 e. The highest BCUT2D eigenvalue weighted by atomic mass is 32.2. The molecule has 0 radical (unpaired) electrons. The number of benzene rings is 1. The van der Waals surface area contributed by atoms with E-state index in [2.05, 4.69) is 29.8 Å². The van der Waals surface area contributed by atoms with Crippen LogP contribution in [-0.2, 0) is 10.0 Å². The molecule has 2 fully saturated rings. The van der Waals surface area contributed by atoms with Crippen LogP contribution in [0, 0.1) is 0 Å². The molecule has 166 valence electrons. The maximum atomic E-state index is 12.5. The van der Waals surface area contributed by atoms with Gasteiger partial charge in [-0.15, -0.1) is 0 Å². The zero-order valence-electron chi connectivity index (χ0n) is 17.4. The van der Waals surface area contributed by atoms with Gasteiger partial charge in [0.25, 0.3) is 10.0 Å². The molecule has 0 amide bonds. The molecule has 1 aliphatic heterocycles. The molecule has 0 unspecified atom stereocenters. The van der Waals surface area contributed by atoms with Gasteiger partial charge in [-0.25, -0.2) is 23.1 Å². The molecule has 1 saturated carbocycles. The van der Waals surface area contributed by atoms with Gasteiger partial charge in [0.2, 0.25) is 5.95 Å². The van der Waals surface area contributed by atoms with Crippen LogP contribution >= 0.6 is 12.2 Å². The van der Waals surface area contributed by atoms with Crippen LogP contribution in [0.25, 0.3) is 0 Å². The summed E-state index contributed by atoms with van der Waals surface area (Å²) in [4.78, 5) is 12.7. The highest BCUT2D eigenvalue weighted by Gasteiger charge is 2.26. The Kier molecular flexibility index (Phi) is 6.99. The average Bonchev–Trinajstić information content (AvgIpc) is 2.80. The third-order valence-corrected chi connectivity index (χ3v) is 7.60. The Morgan fingerprint density at radius 1 is 0.968 bits per heavy atom. The summed E-state index contributed by atoms with van der Waals surface area (Å²) in [7, 11) is -3.75. The van der Waals surface area contributed by atoms with Gasteiger partial charge in [-0.05, 0) is 55.4 Å². The molecule has 1 saturated heterocycles. The summed E-state index contributed by atoms with van der Waals surface area (Å²) in [6, 6.07) is 8.86. The van der Waals surface area contributed by atoms with Crippen LogP contribution in [0.4, 0.5) is 11.6 Å². The van der Waals surface area contributed by atoms with Crippen LogP contribution in [0.1, 0.15) is 32.1 Å². The number of nitrogens with one attached hydrogen (secondary N) is 2. The molecule has 1 aromatic heterocycles. The second-order valence-electron chi connectivity index (χ2n) is 7.95. The molecule has 1 aromatic carbocycles. The lowest BCUT2D eigenvalue weighted by atomic mass is 9.94. The molecule has 0 atom stereocenters. The van der Waals surface area contributed by atoms with Crippen LogP contribution in [0.5, 0.6) is 0 Å². The molecule has 1 aliphatic carbocycles. The third kappa shape index (κ3) is 5.69. The van der Waals surface area contributed by atoms with Crippen molar-refractivity contribution in [2.75, 3.05) is 36.2 Å². The Bertz CT molecular complexity index is 971. The van der Waals surface area contributed by atoms with Crippen LogP contribution < -0.4 is 10.0 Å². The van der Waals surface area contributed by atoms with Crippen LogP contribution in [-0.4, -0.2) is 65.5 Å².